The molecular weight excluding hydrogens is 332 g/mol. The number of nitrogens with zero attached hydrogens (tertiary/aromatic N) is 2. The number of amides is 1. The molecule has 0 bridgehead atoms. The Balaban J connectivity index is 1.65. The van der Waals surface area contributed by atoms with Crippen LogP contribution in [-0.2, 0) is 4.79 Å². The number of aliphatic imine (C=N–C) groups is 1. The molecule has 0 saturated heterocycles. The molecule has 1 aliphatic heterocycles. The normalized spacial score (nSPS) is 16.0. The van der Waals surface area contributed by atoms with Gasteiger partial charge in [-0.25, -0.2) is 4.99 Å². The molecule has 1 aliphatic carbocycles. The Hall–Kier alpha value is -2.60. The van der Waals surface area contributed by atoms with Crippen LogP contribution in [0, 0.1) is 6.92 Å². The van der Waals surface area contributed by atoms with E-state index in [0.717, 1.165) is 27.7 Å². The average Bonchev–Trinajstić information content (AvgIpc) is 3.33. The number of aryl methyl sites for hydroxylation is 1. The van der Waals surface area contributed by atoms with Crippen LogP contribution < -0.4 is 15.5 Å². The van der Waals surface area contributed by atoms with Crippen molar-refractivity contribution in [2.45, 2.75) is 25.8 Å². The molecule has 2 aliphatic rings. The van der Waals surface area contributed by atoms with Crippen LogP contribution in [-0.4, -0.2) is 24.5 Å². The van der Waals surface area contributed by atoms with Crippen molar-refractivity contribution >= 4 is 40.1 Å². The quantitative estimate of drug-likeness (QED) is 0.819. The molecule has 1 aromatic carbocycles. The van der Waals surface area contributed by atoms with Crippen molar-refractivity contribution in [3.63, 3.8) is 0 Å². The molecule has 0 radical (unpaired) electrons. The van der Waals surface area contributed by atoms with Crippen molar-refractivity contribution in [3.8, 4) is 0 Å². The monoisotopic (exact) mass is 352 g/mol. The second kappa shape index (κ2) is 6.37. The standard InChI is InChI=1S/C19H20N4OS/c1-3-16(24)21-14-6-4-5-12(2)17(14)22-19-18-15(9-10-25-18)23(11-20-19)13-7-8-13/h3-6,9-10,13H,1,7-8,11H2,2H3,(H,20,22)(H,21,24). The highest BCUT2D eigenvalue weighted by Crippen LogP contribution is 2.39. The molecule has 2 heterocycles. The van der Waals surface area contributed by atoms with Crippen LogP contribution in [0.4, 0.5) is 17.1 Å². The fraction of sp³-hybridized carbons (Fsp3) is 0.263. The number of nitrogens with one attached hydrogen (secondary N) is 2. The Labute approximate surface area is 151 Å². The molecule has 0 spiro atoms. The summed E-state index contributed by atoms with van der Waals surface area (Å²) in [6.45, 7) is 6.21. The fourth-order valence-electron chi connectivity index (χ4n) is 3.04. The summed E-state index contributed by atoms with van der Waals surface area (Å²) in [4.78, 5) is 20.0. The van der Waals surface area contributed by atoms with Crippen LogP contribution >= 0.6 is 11.3 Å². The zero-order valence-electron chi connectivity index (χ0n) is 14.1. The SMILES string of the molecule is C=CC(=O)Nc1cccc(C)c1NC1=NCN(C2CC2)c2ccsc21. The number of hydrogen-bond donors (Lipinski definition) is 2. The summed E-state index contributed by atoms with van der Waals surface area (Å²) in [6.07, 6.45) is 3.78. The maximum Gasteiger partial charge on any atom is 0.247 e. The zero-order valence-corrected chi connectivity index (χ0v) is 14.9. The largest absolute Gasteiger partial charge is 0.348 e. The highest BCUT2D eigenvalue weighted by molar-refractivity contribution is 7.13. The maximum atomic E-state index is 11.7. The van der Waals surface area contributed by atoms with Gasteiger partial charge in [-0.05, 0) is 48.9 Å². The van der Waals surface area contributed by atoms with E-state index in [1.165, 1.54) is 24.6 Å². The van der Waals surface area contributed by atoms with Gasteiger partial charge in [-0.1, -0.05) is 18.7 Å². The van der Waals surface area contributed by atoms with E-state index in [4.69, 9.17) is 4.99 Å². The lowest BCUT2D eigenvalue weighted by molar-refractivity contribution is -0.111. The fourth-order valence-corrected chi connectivity index (χ4v) is 3.90. The first-order chi connectivity index (χ1) is 12.2. The van der Waals surface area contributed by atoms with Crippen molar-refractivity contribution in [2.24, 2.45) is 4.99 Å². The topological polar surface area (TPSA) is 56.7 Å². The van der Waals surface area contributed by atoms with Crippen LogP contribution in [0.3, 0.4) is 0 Å². The lowest BCUT2D eigenvalue weighted by atomic mass is 10.1. The predicted octanol–water partition coefficient (Wildman–Crippen LogP) is 3.98. The number of carbonyl (C=O) groups excluding carboxylic acids is 1. The van der Waals surface area contributed by atoms with Crippen molar-refractivity contribution < 1.29 is 4.79 Å². The van der Waals surface area contributed by atoms with Gasteiger partial charge in [0, 0.05) is 6.04 Å². The number of para-hydroxylation sites is 1. The third-order valence-electron chi connectivity index (χ3n) is 4.50. The Morgan fingerprint density at radius 2 is 2.24 bits per heavy atom. The number of rotatable bonds is 4. The van der Waals surface area contributed by atoms with Crippen molar-refractivity contribution in [2.75, 3.05) is 22.2 Å². The molecule has 128 valence electrons. The van der Waals surface area contributed by atoms with Crippen LogP contribution in [0.1, 0.15) is 23.3 Å². The second-order valence-corrected chi connectivity index (χ2v) is 7.22. The number of fused-ring (bicyclic) bond motifs is 1. The number of anilines is 3. The Kier molecular flexibility index (Phi) is 4.05. The summed E-state index contributed by atoms with van der Waals surface area (Å²) in [7, 11) is 0. The molecule has 0 atom stereocenters. The van der Waals surface area contributed by atoms with E-state index in [9.17, 15) is 4.79 Å². The van der Waals surface area contributed by atoms with E-state index in [1.54, 1.807) is 11.3 Å². The first kappa shape index (κ1) is 15.9. The van der Waals surface area contributed by atoms with Gasteiger partial charge in [-0.2, -0.15) is 0 Å². The van der Waals surface area contributed by atoms with Gasteiger partial charge in [0.2, 0.25) is 5.91 Å². The third-order valence-corrected chi connectivity index (χ3v) is 5.41. The molecule has 0 unspecified atom stereocenters. The summed E-state index contributed by atoms with van der Waals surface area (Å²) >= 11 is 1.69. The van der Waals surface area contributed by atoms with Gasteiger partial charge in [0.05, 0.1) is 21.9 Å². The zero-order chi connectivity index (χ0) is 17.4. The van der Waals surface area contributed by atoms with Crippen LogP contribution in [0.15, 0.2) is 47.3 Å². The number of carbonyl (C=O) groups is 1. The van der Waals surface area contributed by atoms with Crippen molar-refractivity contribution in [3.05, 3.63) is 52.7 Å². The lowest BCUT2D eigenvalue weighted by Crippen LogP contribution is -2.33. The molecule has 1 fully saturated rings. The molecule has 1 saturated carbocycles. The highest BCUT2D eigenvalue weighted by Gasteiger charge is 2.33. The Morgan fingerprint density at radius 1 is 1.40 bits per heavy atom. The Morgan fingerprint density at radius 3 is 3.00 bits per heavy atom. The molecule has 1 amide bonds. The van der Waals surface area contributed by atoms with Crippen LogP contribution in [0.25, 0.3) is 0 Å². The van der Waals surface area contributed by atoms with Gasteiger partial charge < -0.3 is 15.5 Å². The summed E-state index contributed by atoms with van der Waals surface area (Å²) in [6, 6.07) is 8.63. The third kappa shape index (κ3) is 3.05. The summed E-state index contributed by atoms with van der Waals surface area (Å²) < 4.78 is 0. The minimum absolute atomic E-state index is 0.226. The minimum Gasteiger partial charge on any atom is -0.348 e. The molecule has 4 rings (SSSR count). The summed E-state index contributed by atoms with van der Waals surface area (Å²) in [5.41, 5.74) is 3.91. The van der Waals surface area contributed by atoms with E-state index in [1.807, 2.05) is 25.1 Å². The number of thiophene rings is 1. The van der Waals surface area contributed by atoms with E-state index in [0.29, 0.717) is 12.7 Å². The van der Waals surface area contributed by atoms with E-state index < -0.39 is 0 Å². The number of hydrogen-bond acceptors (Lipinski definition) is 5. The van der Waals surface area contributed by atoms with E-state index in [-0.39, 0.29) is 5.91 Å². The van der Waals surface area contributed by atoms with Gasteiger partial charge in [0.1, 0.15) is 12.5 Å². The summed E-state index contributed by atoms with van der Waals surface area (Å²) in [5, 5.41) is 8.43. The number of amidine groups is 1. The first-order valence-corrected chi connectivity index (χ1v) is 9.24. The summed E-state index contributed by atoms with van der Waals surface area (Å²) in [5.74, 6) is 0.640. The molecule has 6 heteroatoms. The van der Waals surface area contributed by atoms with E-state index in [2.05, 4.69) is 33.6 Å². The smallest absolute Gasteiger partial charge is 0.247 e. The maximum absolute atomic E-state index is 11.7. The molecule has 2 N–H and O–H groups in total. The molecule has 5 nitrogen and oxygen atoms in total. The van der Waals surface area contributed by atoms with E-state index >= 15 is 0 Å². The van der Waals surface area contributed by atoms with Gasteiger partial charge >= 0.3 is 0 Å². The Bertz CT molecular complexity index is 866. The first-order valence-electron chi connectivity index (χ1n) is 8.36. The molecule has 2 aromatic rings. The van der Waals surface area contributed by atoms with Crippen molar-refractivity contribution in [1.82, 2.24) is 0 Å². The van der Waals surface area contributed by atoms with Crippen LogP contribution in [0.2, 0.25) is 0 Å². The highest BCUT2D eigenvalue weighted by atomic mass is 32.1. The van der Waals surface area contributed by atoms with Crippen molar-refractivity contribution in [1.29, 1.82) is 0 Å². The minimum atomic E-state index is -0.226. The van der Waals surface area contributed by atoms with Gasteiger partial charge in [0.25, 0.3) is 0 Å². The van der Waals surface area contributed by atoms with Gasteiger partial charge in [-0.3, -0.25) is 4.79 Å². The average molecular weight is 352 g/mol. The van der Waals surface area contributed by atoms with Gasteiger partial charge in [0.15, 0.2) is 0 Å². The number of benzene rings is 1. The van der Waals surface area contributed by atoms with Crippen LogP contribution in [0.5, 0.6) is 0 Å². The lowest BCUT2D eigenvalue weighted by Gasteiger charge is -2.28. The molecular formula is C19H20N4OS. The molecule has 1 aromatic heterocycles. The predicted molar refractivity (Wildman–Crippen MR) is 105 cm³/mol. The second-order valence-electron chi connectivity index (χ2n) is 6.30. The van der Waals surface area contributed by atoms with Gasteiger partial charge in [-0.15, -0.1) is 11.3 Å². The molecule has 25 heavy (non-hydrogen) atoms.